The molecule has 0 unspecified atom stereocenters. The van der Waals surface area contributed by atoms with E-state index >= 15 is 0 Å². The summed E-state index contributed by atoms with van der Waals surface area (Å²) in [6.07, 6.45) is 6.32. The number of likely N-dealkylation sites (tertiary alicyclic amines) is 1. The zero-order chi connectivity index (χ0) is 14.9. The van der Waals surface area contributed by atoms with Crippen LogP contribution in [0.25, 0.3) is 11.0 Å². The number of primary amides is 1. The highest BCUT2D eigenvalue weighted by Crippen LogP contribution is 2.55. The Morgan fingerprint density at radius 3 is 2.95 bits per heavy atom. The lowest BCUT2D eigenvalue weighted by Gasteiger charge is -2.37. The molecule has 1 aromatic heterocycles. The summed E-state index contributed by atoms with van der Waals surface area (Å²) in [5.74, 6) is 1.45. The van der Waals surface area contributed by atoms with Crippen molar-refractivity contribution in [3.63, 3.8) is 0 Å². The fraction of sp³-hybridized carbons (Fsp3) is 0.529. The van der Waals surface area contributed by atoms with Crippen LogP contribution in [0.4, 0.5) is 0 Å². The molecule has 1 aromatic carbocycles. The minimum Gasteiger partial charge on any atom is -0.366 e. The van der Waals surface area contributed by atoms with Gasteiger partial charge >= 0.3 is 0 Å². The molecule has 114 valence electrons. The first kappa shape index (κ1) is 12.6. The molecule has 22 heavy (non-hydrogen) atoms. The number of hydrogen-bond donors (Lipinski definition) is 2. The van der Waals surface area contributed by atoms with Gasteiger partial charge in [-0.15, -0.1) is 0 Å². The highest BCUT2D eigenvalue weighted by atomic mass is 16.1. The van der Waals surface area contributed by atoms with Crippen LogP contribution < -0.4 is 5.73 Å². The van der Waals surface area contributed by atoms with Gasteiger partial charge in [-0.3, -0.25) is 9.69 Å². The summed E-state index contributed by atoms with van der Waals surface area (Å²) in [5, 5.41) is 0. The average Bonchev–Trinajstić information content (AvgIpc) is 2.98. The molecule has 1 amide bonds. The predicted octanol–water partition coefficient (Wildman–Crippen LogP) is 2.14. The molecule has 5 nitrogen and oxygen atoms in total. The van der Waals surface area contributed by atoms with E-state index in [1.54, 1.807) is 6.07 Å². The topological polar surface area (TPSA) is 75.0 Å². The predicted molar refractivity (Wildman–Crippen MR) is 83.4 cm³/mol. The molecule has 2 atom stereocenters. The van der Waals surface area contributed by atoms with Gasteiger partial charge in [-0.1, -0.05) is 6.07 Å². The van der Waals surface area contributed by atoms with Crippen molar-refractivity contribution in [1.29, 1.82) is 0 Å². The number of benzene rings is 1. The van der Waals surface area contributed by atoms with Crippen molar-refractivity contribution in [2.45, 2.75) is 43.7 Å². The first-order valence-corrected chi connectivity index (χ1v) is 8.23. The zero-order valence-electron chi connectivity index (χ0n) is 12.5. The Morgan fingerprint density at radius 2 is 2.23 bits per heavy atom. The van der Waals surface area contributed by atoms with Gasteiger partial charge in [-0.2, -0.15) is 0 Å². The molecule has 2 saturated carbocycles. The van der Waals surface area contributed by atoms with Crippen LogP contribution in [0.3, 0.4) is 0 Å². The standard InChI is InChI=1S/C17H20N4O/c18-15(22)12-2-1-3-13-14(12)20-16(19-13)17-7-6-10(8-17)9-21(17)11-4-5-11/h1-3,10-11H,4-9H2,(H2,18,22)(H,19,20)/t10-,17-/m0/s1. The normalized spacial score (nSPS) is 31.2. The number of amides is 1. The number of nitrogens with two attached hydrogens (primary N) is 1. The minimum atomic E-state index is -0.407. The number of carbonyl (C=O) groups excluding carboxylic acids is 1. The molecular weight excluding hydrogens is 276 g/mol. The second-order valence-corrected chi connectivity index (χ2v) is 7.18. The second-order valence-electron chi connectivity index (χ2n) is 7.18. The molecule has 2 aliphatic carbocycles. The number of nitrogens with zero attached hydrogens (tertiary/aromatic N) is 2. The van der Waals surface area contributed by atoms with E-state index in [0.717, 1.165) is 28.8 Å². The first-order chi connectivity index (χ1) is 10.7. The van der Waals surface area contributed by atoms with E-state index in [1.165, 1.54) is 38.6 Å². The van der Waals surface area contributed by atoms with Crippen LogP contribution >= 0.6 is 0 Å². The molecule has 5 rings (SSSR count). The number of carbonyl (C=O) groups is 1. The second kappa shape index (κ2) is 4.10. The molecule has 0 radical (unpaired) electrons. The number of hydrogen-bond acceptors (Lipinski definition) is 3. The molecule has 2 heterocycles. The molecule has 1 saturated heterocycles. The summed E-state index contributed by atoms with van der Waals surface area (Å²) in [4.78, 5) is 22.7. The van der Waals surface area contributed by atoms with Crippen molar-refractivity contribution in [1.82, 2.24) is 14.9 Å². The van der Waals surface area contributed by atoms with Crippen LogP contribution in [0.2, 0.25) is 0 Å². The molecule has 0 spiro atoms. The zero-order valence-corrected chi connectivity index (χ0v) is 12.5. The Balaban J connectivity index is 1.67. The largest absolute Gasteiger partial charge is 0.366 e. The Bertz CT molecular complexity index is 778. The van der Waals surface area contributed by atoms with Crippen molar-refractivity contribution in [3.8, 4) is 0 Å². The van der Waals surface area contributed by atoms with Crippen LogP contribution in [0.5, 0.6) is 0 Å². The maximum Gasteiger partial charge on any atom is 0.250 e. The van der Waals surface area contributed by atoms with Gasteiger partial charge in [0.2, 0.25) is 0 Å². The third kappa shape index (κ3) is 1.57. The van der Waals surface area contributed by atoms with Gasteiger partial charge in [0.25, 0.3) is 5.91 Å². The number of rotatable bonds is 3. The number of aromatic amines is 1. The van der Waals surface area contributed by atoms with Gasteiger partial charge in [0.05, 0.1) is 16.6 Å². The van der Waals surface area contributed by atoms with E-state index in [-0.39, 0.29) is 5.54 Å². The van der Waals surface area contributed by atoms with Gasteiger partial charge in [-0.25, -0.2) is 4.98 Å². The maximum absolute atomic E-state index is 11.6. The molecule has 3 aliphatic rings. The number of imidazole rings is 1. The smallest absolute Gasteiger partial charge is 0.250 e. The fourth-order valence-corrected chi connectivity index (χ4v) is 4.68. The quantitative estimate of drug-likeness (QED) is 0.911. The van der Waals surface area contributed by atoms with E-state index in [1.807, 2.05) is 12.1 Å². The van der Waals surface area contributed by atoms with Crippen LogP contribution in [0, 0.1) is 5.92 Å². The molecule has 1 aliphatic heterocycles. The van der Waals surface area contributed by atoms with Crippen LogP contribution in [0.15, 0.2) is 18.2 Å². The van der Waals surface area contributed by atoms with Gasteiger partial charge in [0, 0.05) is 12.6 Å². The molecule has 3 fully saturated rings. The summed E-state index contributed by atoms with van der Waals surface area (Å²) < 4.78 is 0. The summed E-state index contributed by atoms with van der Waals surface area (Å²) in [6.45, 7) is 1.21. The van der Waals surface area contributed by atoms with Crippen molar-refractivity contribution in [2.24, 2.45) is 11.7 Å². The van der Waals surface area contributed by atoms with Gasteiger partial charge in [0.15, 0.2) is 0 Å². The Labute approximate surface area is 128 Å². The van der Waals surface area contributed by atoms with Crippen LogP contribution in [0.1, 0.15) is 48.3 Å². The lowest BCUT2D eigenvalue weighted by atomic mass is 9.95. The van der Waals surface area contributed by atoms with Crippen molar-refractivity contribution < 1.29 is 4.79 Å². The minimum absolute atomic E-state index is 0.0692. The Morgan fingerprint density at radius 1 is 1.36 bits per heavy atom. The third-order valence-corrected chi connectivity index (χ3v) is 5.80. The van der Waals surface area contributed by atoms with Gasteiger partial charge in [0.1, 0.15) is 11.3 Å². The average molecular weight is 296 g/mol. The van der Waals surface area contributed by atoms with Gasteiger partial charge in [-0.05, 0) is 50.2 Å². The number of aromatic nitrogens is 2. The summed E-state index contributed by atoms with van der Waals surface area (Å²) in [5.41, 5.74) is 7.73. The Hall–Kier alpha value is -1.88. The van der Waals surface area contributed by atoms with Crippen molar-refractivity contribution >= 4 is 16.9 Å². The summed E-state index contributed by atoms with van der Waals surface area (Å²) >= 11 is 0. The number of H-pyrrole nitrogens is 1. The monoisotopic (exact) mass is 296 g/mol. The molecule has 3 N–H and O–H groups in total. The maximum atomic E-state index is 11.6. The first-order valence-electron chi connectivity index (χ1n) is 8.23. The molecular formula is C17H20N4O. The van der Waals surface area contributed by atoms with Crippen LogP contribution in [-0.2, 0) is 5.54 Å². The molecule has 2 bridgehead atoms. The summed E-state index contributed by atoms with van der Waals surface area (Å²) in [7, 11) is 0. The Kier molecular flexibility index (Phi) is 2.36. The number of fused-ring (bicyclic) bond motifs is 3. The van der Waals surface area contributed by atoms with E-state index < -0.39 is 5.91 Å². The fourth-order valence-electron chi connectivity index (χ4n) is 4.68. The van der Waals surface area contributed by atoms with Crippen molar-refractivity contribution in [2.75, 3.05) is 6.54 Å². The van der Waals surface area contributed by atoms with Crippen molar-refractivity contribution in [3.05, 3.63) is 29.6 Å². The lowest BCUT2D eigenvalue weighted by Crippen LogP contribution is -2.44. The van der Waals surface area contributed by atoms with E-state index in [0.29, 0.717) is 5.56 Å². The van der Waals surface area contributed by atoms with E-state index in [2.05, 4.69) is 9.88 Å². The van der Waals surface area contributed by atoms with E-state index in [9.17, 15) is 4.79 Å². The van der Waals surface area contributed by atoms with Crippen LogP contribution in [-0.4, -0.2) is 33.4 Å². The van der Waals surface area contributed by atoms with Gasteiger partial charge < -0.3 is 10.7 Å². The number of piperidine rings is 1. The molecule has 5 heteroatoms. The molecule has 2 aromatic rings. The summed E-state index contributed by atoms with van der Waals surface area (Å²) in [6, 6.07) is 6.36. The number of nitrogens with one attached hydrogen (secondary N) is 1. The number of para-hydroxylation sites is 1. The van der Waals surface area contributed by atoms with E-state index in [4.69, 9.17) is 10.7 Å². The third-order valence-electron chi connectivity index (χ3n) is 5.80. The SMILES string of the molecule is NC(=O)c1cccc2[nH]c([C@@]34CC[C@H](CN3C3CC3)C4)nc12. The highest BCUT2D eigenvalue weighted by Gasteiger charge is 2.57. The highest BCUT2D eigenvalue weighted by molar-refractivity contribution is 6.04. The lowest BCUT2D eigenvalue weighted by molar-refractivity contribution is 0.0977.